The predicted octanol–water partition coefficient (Wildman–Crippen LogP) is 0.748. The fourth-order valence-corrected chi connectivity index (χ4v) is 1.91. The molecule has 1 N–H and O–H groups in total. The molecule has 4 nitrogen and oxygen atoms in total. The molecular weight excluding hydrogens is 190 g/mol. The second-order valence-electron chi connectivity index (χ2n) is 3.84. The van der Waals surface area contributed by atoms with Gasteiger partial charge in [0, 0.05) is 31.9 Å². The van der Waals surface area contributed by atoms with Crippen LogP contribution in [0, 0.1) is 5.92 Å². The van der Waals surface area contributed by atoms with E-state index in [1.54, 1.807) is 0 Å². The van der Waals surface area contributed by atoms with Gasteiger partial charge in [-0.05, 0) is 18.4 Å². The number of hydrogen-bond donors (Lipinski definition) is 1. The largest absolute Gasteiger partial charge is 0.352 e. The van der Waals surface area contributed by atoms with Gasteiger partial charge in [-0.2, -0.15) is 0 Å². The van der Waals surface area contributed by atoms with E-state index in [0.717, 1.165) is 31.8 Å². The van der Waals surface area contributed by atoms with Crippen molar-refractivity contribution in [3.63, 3.8) is 0 Å². The Labute approximate surface area is 89.0 Å². The SMILES string of the molecule is C=CC(=O)NCC1CCn2ccnc2C1. The molecule has 4 heteroatoms. The number of nitrogens with one attached hydrogen (secondary N) is 1. The van der Waals surface area contributed by atoms with Crippen molar-refractivity contribution in [1.29, 1.82) is 0 Å². The van der Waals surface area contributed by atoms with E-state index < -0.39 is 0 Å². The van der Waals surface area contributed by atoms with Crippen molar-refractivity contribution >= 4 is 5.91 Å². The van der Waals surface area contributed by atoms with E-state index in [0.29, 0.717) is 5.92 Å². The summed E-state index contributed by atoms with van der Waals surface area (Å²) in [4.78, 5) is 15.3. The highest BCUT2D eigenvalue weighted by atomic mass is 16.1. The molecule has 1 aromatic rings. The molecule has 0 radical (unpaired) electrons. The van der Waals surface area contributed by atoms with Crippen molar-refractivity contribution in [3.05, 3.63) is 30.9 Å². The molecule has 1 amide bonds. The topological polar surface area (TPSA) is 46.9 Å². The van der Waals surface area contributed by atoms with Gasteiger partial charge in [0.25, 0.3) is 0 Å². The van der Waals surface area contributed by atoms with Gasteiger partial charge in [0.2, 0.25) is 5.91 Å². The fraction of sp³-hybridized carbons (Fsp3) is 0.455. The van der Waals surface area contributed by atoms with E-state index in [1.165, 1.54) is 6.08 Å². The Balaban J connectivity index is 1.87. The third-order valence-electron chi connectivity index (χ3n) is 2.80. The molecule has 1 aromatic heterocycles. The van der Waals surface area contributed by atoms with Crippen molar-refractivity contribution in [2.75, 3.05) is 6.54 Å². The van der Waals surface area contributed by atoms with Gasteiger partial charge in [-0.3, -0.25) is 4.79 Å². The third kappa shape index (κ3) is 2.26. The molecule has 1 atom stereocenters. The molecule has 0 aromatic carbocycles. The summed E-state index contributed by atoms with van der Waals surface area (Å²) in [5.41, 5.74) is 0. The number of fused-ring (bicyclic) bond motifs is 1. The van der Waals surface area contributed by atoms with Gasteiger partial charge < -0.3 is 9.88 Å². The van der Waals surface area contributed by atoms with Gasteiger partial charge >= 0.3 is 0 Å². The van der Waals surface area contributed by atoms with E-state index >= 15 is 0 Å². The van der Waals surface area contributed by atoms with Crippen LogP contribution in [-0.2, 0) is 17.8 Å². The minimum atomic E-state index is -0.0936. The summed E-state index contributed by atoms with van der Waals surface area (Å²) >= 11 is 0. The van der Waals surface area contributed by atoms with E-state index in [2.05, 4.69) is 21.4 Å². The Kier molecular flexibility index (Phi) is 2.85. The maximum Gasteiger partial charge on any atom is 0.243 e. The Bertz CT molecular complexity index is 370. The average molecular weight is 205 g/mol. The maximum absolute atomic E-state index is 11.0. The fourth-order valence-electron chi connectivity index (χ4n) is 1.91. The highest BCUT2D eigenvalue weighted by Gasteiger charge is 2.18. The number of rotatable bonds is 3. The Morgan fingerprint density at radius 2 is 2.67 bits per heavy atom. The van der Waals surface area contributed by atoms with Gasteiger partial charge in [-0.25, -0.2) is 4.98 Å². The van der Waals surface area contributed by atoms with E-state index in [9.17, 15) is 4.79 Å². The lowest BCUT2D eigenvalue weighted by atomic mass is 9.98. The van der Waals surface area contributed by atoms with Gasteiger partial charge in [0.15, 0.2) is 0 Å². The van der Waals surface area contributed by atoms with Gasteiger partial charge in [-0.1, -0.05) is 6.58 Å². The monoisotopic (exact) mass is 205 g/mol. The molecule has 2 heterocycles. The summed E-state index contributed by atoms with van der Waals surface area (Å²) in [6.07, 6.45) is 7.20. The molecule has 0 spiro atoms. The first-order valence-corrected chi connectivity index (χ1v) is 5.20. The highest BCUT2D eigenvalue weighted by Crippen LogP contribution is 2.18. The molecule has 0 fully saturated rings. The summed E-state index contributed by atoms with van der Waals surface area (Å²) in [6.45, 7) is 5.15. The van der Waals surface area contributed by atoms with Crippen LogP contribution in [0.4, 0.5) is 0 Å². The van der Waals surface area contributed by atoms with Gasteiger partial charge in [0.05, 0.1) is 0 Å². The average Bonchev–Trinajstić information content (AvgIpc) is 2.72. The van der Waals surface area contributed by atoms with Crippen LogP contribution in [-0.4, -0.2) is 22.0 Å². The molecule has 0 saturated heterocycles. The standard InChI is InChI=1S/C11H15N3O/c1-2-11(15)13-8-9-3-5-14-6-4-12-10(14)7-9/h2,4,6,9H,1,3,5,7-8H2,(H,13,15). The van der Waals surface area contributed by atoms with Gasteiger partial charge in [0.1, 0.15) is 5.82 Å². The Morgan fingerprint density at radius 1 is 1.80 bits per heavy atom. The number of imidazole rings is 1. The summed E-state index contributed by atoms with van der Waals surface area (Å²) < 4.78 is 2.17. The predicted molar refractivity (Wildman–Crippen MR) is 57.2 cm³/mol. The lowest BCUT2D eigenvalue weighted by molar-refractivity contribution is -0.116. The molecule has 15 heavy (non-hydrogen) atoms. The van der Waals surface area contributed by atoms with Crippen LogP contribution in [0.1, 0.15) is 12.2 Å². The second-order valence-corrected chi connectivity index (χ2v) is 3.84. The molecule has 0 bridgehead atoms. The van der Waals surface area contributed by atoms with Crippen LogP contribution in [0.15, 0.2) is 25.0 Å². The number of aryl methyl sites for hydroxylation is 1. The number of carbonyl (C=O) groups is 1. The van der Waals surface area contributed by atoms with Crippen molar-refractivity contribution in [3.8, 4) is 0 Å². The van der Waals surface area contributed by atoms with Crippen LogP contribution in [0.2, 0.25) is 0 Å². The number of amides is 1. The first-order chi connectivity index (χ1) is 7.29. The minimum Gasteiger partial charge on any atom is -0.352 e. The molecule has 1 unspecified atom stereocenters. The first kappa shape index (κ1) is 9.96. The zero-order chi connectivity index (χ0) is 10.7. The lowest BCUT2D eigenvalue weighted by Crippen LogP contribution is -2.32. The summed E-state index contributed by atoms with van der Waals surface area (Å²) in [5, 5.41) is 2.83. The molecule has 2 rings (SSSR count). The molecule has 0 saturated carbocycles. The molecule has 1 aliphatic rings. The number of aromatic nitrogens is 2. The van der Waals surface area contributed by atoms with Crippen molar-refractivity contribution in [2.24, 2.45) is 5.92 Å². The molecular formula is C11H15N3O. The van der Waals surface area contributed by atoms with E-state index in [1.807, 2.05) is 12.4 Å². The number of carbonyl (C=O) groups excluding carboxylic acids is 1. The van der Waals surface area contributed by atoms with E-state index in [4.69, 9.17) is 0 Å². The second kappa shape index (κ2) is 4.29. The lowest BCUT2D eigenvalue weighted by Gasteiger charge is -2.23. The number of nitrogens with zero attached hydrogens (tertiary/aromatic N) is 2. The van der Waals surface area contributed by atoms with Gasteiger partial charge in [-0.15, -0.1) is 0 Å². The quantitative estimate of drug-likeness (QED) is 0.740. The minimum absolute atomic E-state index is 0.0936. The number of hydrogen-bond acceptors (Lipinski definition) is 2. The maximum atomic E-state index is 11.0. The van der Waals surface area contributed by atoms with Crippen LogP contribution in [0.5, 0.6) is 0 Å². The van der Waals surface area contributed by atoms with Crippen molar-refractivity contribution in [1.82, 2.24) is 14.9 Å². The zero-order valence-electron chi connectivity index (χ0n) is 8.65. The summed E-state index contributed by atoms with van der Waals surface area (Å²) in [6, 6.07) is 0. The Morgan fingerprint density at radius 3 is 3.47 bits per heavy atom. The first-order valence-electron chi connectivity index (χ1n) is 5.20. The molecule has 80 valence electrons. The van der Waals surface area contributed by atoms with Crippen LogP contribution >= 0.6 is 0 Å². The highest BCUT2D eigenvalue weighted by molar-refractivity contribution is 5.86. The van der Waals surface area contributed by atoms with E-state index in [-0.39, 0.29) is 5.91 Å². The molecule has 1 aliphatic heterocycles. The molecule has 0 aliphatic carbocycles. The van der Waals surface area contributed by atoms with Crippen molar-refractivity contribution < 1.29 is 4.79 Å². The van der Waals surface area contributed by atoms with Crippen LogP contribution < -0.4 is 5.32 Å². The summed E-state index contributed by atoms with van der Waals surface area (Å²) in [7, 11) is 0. The van der Waals surface area contributed by atoms with Crippen LogP contribution in [0.3, 0.4) is 0 Å². The zero-order valence-corrected chi connectivity index (χ0v) is 8.65. The smallest absolute Gasteiger partial charge is 0.243 e. The van der Waals surface area contributed by atoms with Crippen LogP contribution in [0.25, 0.3) is 0 Å². The third-order valence-corrected chi connectivity index (χ3v) is 2.80. The normalized spacial score (nSPS) is 19.3. The van der Waals surface area contributed by atoms with Crippen molar-refractivity contribution in [2.45, 2.75) is 19.4 Å². The Hall–Kier alpha value is -1.58. The summed E-state index contributed by atoms with van der Waals surface area (Å²) in [5.74, 6) is 1.53.